The Morgan fingerprint density at radius 3 is 2.25 bits per heavy atom. The molecule has 0 aliphatic heterocycles. The summed E-state index contributed by atoms with van der Waals surface area (Å²) in [4.78, 5) is 20.5. The van der Waals surface area contributed by atoms with E-state index in [1.165, 1.54) is 6.92 Å². The fraction of sp³-hybridized carbons (Fsp3) is 0.667. The van der Waals surface area contributed by atoms with Crippen molar-refractivity contribution in [3.63, 3.8) is 0 Å². The number of rotatable bonds is 4. The molecular weight excluding hydrogens is 168 g/mol. The van der Waals surface area contributed by atoms with Gasteiger partial charge in [0.15, 0.2) is 6.10 Å². The van der Waals surface area contributed by atoms with Gasteiger partial charge in [0.25, 0.3) is 0 Å². The molecule has 0 bridgehead atoms. The second-order valence-corrected chi connectivity index (χ2v) is 1.96. The molecule has 70 valence electrons. The van der Waals surface area contributed by atoms with E-state index in [-0.39, 0.29) is 6.61 Å². The highest BCUT2D eigenvalue weighted by molar-refractivity contribution is 5.83. The highest BCUT2D eigenvalue weighted by Crippen LogP contribution is 1.95. The predicted octanol–water partition coefficient (Wildman–Crippen LogP) is -2.98. The van der Waals surface area contributed by atoms with E-state index in [2.05, 4.69) is 4.74 Å². The molecule has 0 aromatic heterocycles. The van der Waals surface area contributed by atoms with Crippen molar-refractivity contribution < 1.29 is 29.6 Å². The molecule has 0 heterocycles. The van der Waals surface area contributed by atoms with Crippen LogP contribution in [0.25, 0.3) is 0 Å². The molecule has 2 atom stereocenters. The summed E-state index contributed by atoms with van der Waals surface area (Å²) in [5.74, 6) is -3.11. The van der Waals surface area contributed by atoms with Crippen molar-refractivity contribution in [1.82, 2.24) is 0 Å². The number of aliphatic hydroxyl groups is 2. The number of aliphatic hydroxyl groups excluding tert-OH is 2. The largest absolute Gasteiger partial charge is 0.547 e. The molecule has 2 N–H and O–H groups in total. The van der Waals surface area contributed by atoms with Gasteiger partial charge in [-0.15, -0.1) is 0 Å². The molecule has 0 amide bonds. The van der Waals surface area contributed by atoms with Crippen LogP contribution in [0.4, 0.5) is 0 Å². The zero-order valence-corrected chi connectivity index (χ0v) is 6.39. The lowest BCUT2D eigenvalue weighted by atomic mass is 10.2. The fourth-order valence-corrected chi connectivity index (χ4v) is 0.485. The first-order valence-corrected chi connectivity index (χ1v) is 3.24. The monoisotopic (exact) mass is 177 g/mol. The van der Waals surface area contributed by atoms with Crippen LogP contribution < -0.4 is 5.11 Å². The Kier molecular flexibility index (Phi) is 4.24. The van der Waals surface area contributed by atoms with Gasteiger partial charge in [-0.25, -0.2) is 4.79 Å². The maximum atomic E-state index is 10.6. The lowest BCUT2D eigenvalue weighted by molar-refractivity contribution is -0.318. The van der Waals surface area contributed by atoms with E-state index in [0.717, 1.165) is 0 Å². The Bertz CT molecular complexity index is 177. The number of aliphatic carboxylic acids is 1. The molecule has 0 aliphatic rings. The van der Waals surface area contributed by atoms with Gasteiger partial charge in [0.1, 0.15) is 6.10 Å². The van der Waals surface area contributed by atoms with Gasteiger partial charge >= 0.3 is 5.97 Å². The maximum Gasteiger partial charge on any atom is 0.338 e. The van der Waals surface area contributed by atoms with Gasteiger partial charge in [-0.1, -0.05) is 0 Å². The number of esters is 1. The van der Waals surface area contributed by atoms with Crippen molar-refractivity contribution in [1.29, 1.82) is 0 Å². The first kappa shape index (κ1) is 10.9. The summed E-state index contributed by atoms with van der Waals surface area (Å²) in [6, 6.07) is 0. The Hall–Kier alpha value is -1.14. The Morgan fingerprint density at radius 2 is 1.92 bits per heavy atom. The second-order valence-electron chi connectivity index (χ2n) is 1.96. The molecule has 0 spiro atoms. The third-order valence-corrected chi connectivity index (χ3v) is 1.07. The van der Waals surface area contributed by atoms with Crippen molar-refractivity contribution >= 4 is 11.9 Å². The van der Waals surface area contributed by atoms with Gasteiger partial charge in [-0.2, -0.15) is 0 Å². The van der Waals surface area contributed by atoms with Crippen molar-refractivity contribution in [3.05, 3.63) is 0 Å². The van der Waals surface area contributed by atoms with Crippen LogP contribution in [0.5, 0.6) is 0 Å². The summed E-state index contributed by atoms with van der Waals surface area (Å²) in [5.41, 5.74) is 0. The van der Waals surface area contributed by atoms with Crippen molar-refractivity contribution in [3.8, 4) is 0 Å². The van der Waals surface area contributed by atoms with Crippen molar-refractivity contribution in [2.24, 2.45) is 0 Å². The summed E-state index contributed by atoms with van der Waals surface area (Å²) in [7, 11) is 0. The number of ether oxygens (including phenoxy) is 1. The number of carbonyl (C=O) groups excluding carboxylic acids is 2. The summed E-state index contributed by atoms with van der Waals surface area (Å²) < 4.78 is 4.23. The Labute approximate surface area is 68.4 Å². The topological polar surface area (TPSA) is 107 Å². The molecule has 0 saturated carbocycles. The molecule has 0 aromatic rings. The number of hydrogen-bond donors (Lipinski definition) is 2. The first-order chi connectivity index (χ1) is 5.50. The lowest BCUT2D eigenvalue weighted by Gasteiger charge is -2.16. The van der Waals surface area contributed by atoms with E-state index >= 15 is 0 Å². The molecule has 0 fully saturated rings. The fourth-order valence-electron chi connectivity index (χ4n) is 0.485. The van der Waals surface area contributed by atoms with E-state index in [1.807, 2.05) is 0 Å². The molecule has 0 rings (SSSR count). The highest BCUT2D eigenvalue weighted by Gasteiger charge is 2.26. The number of carbonyl (C=O) groups is 2. The van der Waals surface area contributed by atoms with Crippen molar-refractivity contribution in [2.75, 3.05) is 6.61 Å². The average Bonchev–Trinajstić information content (AvgIpc) is 2.02. The summed E-state index contributed by atoms with van der Waals surface area (Å²) in [6.45, 7) is 1.48. The van der Waals surface area contributed by atoms with Gasteiger partial charge in [0, 0.05) is 0 Å². The summed E-state index contributed by atoms with van der Waals surface area (Å²) in [5, 5.41) is 27.2. The molecule has 0 saturated heterocycles. The minimum Gasteiger partial charge on any atom is -0.547 e. The normalized spacial score (nSPS) is 14.9. The van der Waals surface area contributed by atoms with Crippen LogP contribution in [0, 0.1) is 0 Å². The molecule has 0 aromatic carbocycles. The zero-order chi connectivity index (χ0) is 9.72. The van der Waals surface area contributed by atoms with Crippen LogP contribution in [0.15, 0.2) is 0 Å². The van der Waals surface area contributed by atoms with E-state index in [9.17, 15) is 14.7 Å². The van der Waals surface area contributed by atoms with Crippen LogP contribution in [0.1, 0.15) is 6.92 Å². The maximum absolute atomic E-state index is 10.6. The number of carboxylic acid groups (broad SMARTS) is 1. The first-order valence-electron chi connectivity index (χ1n) is 3.24. The number of hydrogen-bond acceptors (Lipinski definition) is 6. The van der Waals surface area contributed by atoms with E-state index in [1.54, 1.807) is 0 Å². The van der Waals surface area contributed by atoms with Gasteiger partial charge < -0.3 is 24.9 Å². The quantitative estimate of drug-likeness (QED) is 0.444. The molecule has 6 heteroatoms. The van der Waals surface area contributed by atoms with Crippen LogP contribution in [-0.4, -0.2) is 41.0 Å². The zero-order valence-electron chi connectivity index (χ0n) is 6.39. The molecule has 12 heavy (non-hydrogen) atoms. The molecular formula is C6H9O6-. The van der Waals surface area contributed by atoms with Crippen LogP contribution in [0.2, 0.25) is 0 Å². The van der Waals surface area contributed by atoms with Gasteiger partial charge in [0.05, 0.1) is 12.6 Å². The van der Waals surface area contributed by atoms with Crippen LogP contribution in [0.3, 0.4) is 0 Å². The van der Waals surface area contributed by atoms with Crippen molar-refractivity contribution in [2.45, 2.75) is 19.1 Å². The number of carboxylic acids is 1. The van der Waals surface area contributed by atoms with E-state index < -0.39 is 24.1 Å². The summed E-state index contributed by atoms with van der Waals surface area (Å²) in [6.07, 6.45) is -4.33. The molecule has 6 nitrogen and oxygen atoms in total. The van der Waals surface area contributed by atoms with Gasteiger partial charge in [-0.3, -0.25) is 0 Å². The molecule has 2 unspecified atom stereocenters. The minimum absolute atomic E-state index is 0.00430. The third kappa shape index (κ3) is 2.85. The molecule has 0 aliphatic carbocycles. The second kappa shape index (κ2) is 4.68. The smallest absolute Gasteiger partial charge is 0.338 e. The predicted molar refractivity (Wildman–Crippen MR) is 33.7 cm³/mol. The molecule has 0 radical (unpaired) electrons. The van der Waals surface area contributed by atoms with Crippen LogP contribution >= 0.6 is 0 Å². The minimum atomic E-state index is -2.25. The standard InChI is InChI=1S/C6H10O6/c1-2-12-6(11)4(8)3(7)5(9)10/h3-4,7-8H,2H2,1H3,(H,9,10)/p-1. The lowest BCUT2D eigenvalue weighted by Crippen LogP contribution is -2.47. The SMILES string of the molecule is CCOC(=O)C(O)C(O)C(=O)[O-]. The Morgan fingerprint density at radius 1 is 1.42 bits per heavy atom. The van der Waals surface area contributed by atoms with E-state index in [4.69, 9.17) is 10.2 Å². The third-order valence-electron chi connectivity index (χ3n) is 1.07. The van der Waals surface area contributed by atoms with Gasteiger partial charge in [0.2, 0.25) is 0 Å². The average molecular weight is 177 g/mol. The van der Waals surface area contributed by atoms with E-state index in [0.29, 0.717) is 0 Å². The highest BCUT2D eigenvalue weighted by atomic mass is 16.5. The van der Waals surface area contributed by atoms with Gasteiger partial charge in [-0.05, 0) is 6.92 Å². The Balaban J connectivity index is 4.09. The summed E-state index contributed by atoms with van der Waals surface area (Å²) >= 11 is 0. The van der Waals surface area contributed by atoms with Crippen LogP contribution in [-0.2, 0) is 14.3 Å².